The van der Waals surface area contributed by atoms with Gasteiger partial charge in [-0.05, 0) is 43.2 Å². The molecule has 1 N–H and O–H groups in total. The van der Waals surface area contributed by atoms with Crippen molar-refractivity contribution in [2.75, 3.05) is 18.0 Å². The number of hydrogen-bond acceptors (Lipinski definition) is 4. The summed E-state index contributed by atoms with van der Waals surface area (Å²) in [6.45, 7) is 1.79. The van der Waals surface area contributed by atoms with Crippen molar-refractivity contribution in [3.8, 4) is 0 Å². The highest BCUT2D eigenvalue weighted by Gasteiger charge is 2.25. The summed E-state index contributed by atoms with van der Waals surface area (Å²) in [4.78, 5) is 18.7. The lowest BCUT2D eigenvalue weighted by atomic mass is 9.87. The van der Waals surface area contributed by atoms with Crippen molar-refractivity contribution < 1.29 is 0 Å². The predicted molar refractivity (Wildman–Crippen MR) is 100 cm³/mol. The van der Waals surface area contributed by atoms with Crippen LogP contribution in [0.25, 0.3) is 0 Å². The van der Waals surface area contributed by atoms with Gasteiger partial charge >= 0.3 is 0 Å². The highest BCUT2D eigenvalue weighted by Crippen LogP contribution is 2.23. The lowest BCUT2D eigenvalue weighted by Gasteiger charge is -2.36. The molecule has 25 heavy (non-hydrogen) atoms. The molecule has 0 amide bonds. The summed E-state index contributed by atoms with van der Waals surface area (Å²) in [5, 5.41) is 3.87. The Bertz CT molecular complexity index is 792. The number of nitrogens with zero attached hydrogens (tertiary/aromatic N) is 3. The zero-order valence-corrected chi connectivity index (χ0v) is 14.8. The Kier molecular flexibility index (Phi) is 4.57. The van der Waals surface area contributed by atoms with E-state index in [-0.39, 0.29) is 5.56 Å². The molecule has 2 aromatic rings. The number of benzene rings is 1. The third kappa shape index (κ3) is 3.47. The SMILES string of the molecule is Cn1ccnc(N2CCC(N[C@H]3CCc4ccccc4C3)CC2)c1=O. The van der Waals surface area contributed by atoms with Crippen LogP contribution in [0.2, 0.25) is 0 Å². The third-order valence-electron chi connectivity index (χ3n) is 5.61. The standard InChI is InChI=1S/C20H26N4O/c1-23-13-10-21-19(20(23)25)24-11-8-17(9-12-24)22-18-7-6-15-4-2-3-5-16(15)14-18/h2-5,10,13,17-18,22H,6-9,11-12,14H2,1H3/t18-/m0/s1. The highest BCUT2D eigenvalue weighted by molar-refractivity contribution is 5.36. The van der Waals surface area contributed by atoms with Gasteiger partial charge < -0.3 is 14.8 Å². The smallest absolute Gasteiger partial charge is 0.293 e. The van der Waals surface area contributed by atoms with E-state index < -0.39 is 0 Å². The molecule has 0 saturated carbocycles. The second-order valence-electron chi connectivity index (χ2n) is 7.30. The number of piperidine rings is 1. The number of fused-ring (bicyclic) bond motifs is 1. The van der Waals surface area contributed by atoms with E-state index in [1.54, 1.807) is 24.0 Å². The van der Waals surface area contributed by atoms with Crippen LogP contribution in [0.1, 0.15) is 30.4 Å². The van der Waals surface area contributed by atoms with Crippen LogP contribution in [-0.4, -0.2) is 34.7 Å². The van der Waals surface area contributed by atoms with Gasteiger partial charge in [0, 0.05) is 44.6 Å². The molecule has 1 aliphatic carbocycles. The van der Waals surface area contributed by atoms with Crippen molar-refractivity contribution >= 4 is 5.82 Å². The van der Waals surface area contributed by atoms with Gasteiger partial charge in [0.05, 0.1) is 0 Å². The predicted octanol–water partition coefficient (Wildman–Crippen LogP) is 1.90. The van der Waals surface area contributed by atoms with E-state index in [2.05, 4.69) is 39.5 Å². The molecule has 0 unspecified atom stereocenters. The molecular formula is C20H26N4O. The van der Waals surface area contributed by atoms with Gasteiger partial charge in [0.1, 0.15) is 0 Å². The summed E-state index contributed by atoms with van der Waals surface area (Å²) in [6.07, 6.45) is 9.09. The molecule has 1 aromatic carbocycles. The monoisotopic (exact) mass is 338 g/mol. The van der Waals surface area contributed by atoms with Crippen molar-refractivity contribution in [3.63, 3.8) is 0 Å². The van der Waals surface area contributed by atoms with Crippen molar-refractivity contribution in [2.45, 2.75) is 44.2 Å². The van der Waals surface area contributed by atoms with Gasteiger partial charge in [-0.15, -0.1) is 0 Å². The average molecular weight is 338 g/mol. The van der Waals surface area contributed by atoms with Crippen LogP contribution in [0, 0.1) is 0 Å². The first-order chi connectivity index (χ1) is 12.2. The highest BCUT2D eigenvalue weighted by atomic mass is 16.1. The van der Waals surface area contributed by atoms with E-state index in [1.165, 1.54) is 24.0 Å². The topological polar surface area (TPSA) is 50.2 Å². The van der Waals surface area contributed by atoms with E-state index >= 15 is 0 Å². The second-order valence-corrected chi connectivity index (χ2v) is 7.30. The van der Waals surface area contributed by atoms with Crippen LogP contribution in [-0.2, 0) is 19.9 Å². The van der Waals surface area contributed by atoms with Gasteiger partial charge in [-0.25, -0.2) is 4.98 Å². The molecule has 1 aliphatic heterocycles. The summed E-state index contributed by atoms with van der Waals surface area (Å²) >= 11 is 0. The Morgan fingerprint density at radius 3 is 2.64 bits per heavy atom. The Labute approximate surface area is 148 Å². The van der Waals surface area contributed by atoms with Crippen LogP contribution < -0.4 is 15.8 Å². The summed E-state index contributed by atoms with van der Waals surface area (Å²) < 4.78 is 1.60. The quantitative estimate of drug-likeness (QED) is 0.929. The zero-order valence-electron chi connectivity index (χ0n) is 14.8. The maximum atomic E-state index is 12.2. The van der Waals surface area contributed by atoms with Crippen LogP contribution >= 0.6 is 0 Å². The van der Waals surface area contributed by atoms with Crippen LogP contribution in [0.3, 0.4) is 0 Å². The summed E-state index contributed by atoms with van der Waals surface area (Å²) in [5.41, 5.74) is 3.01. The minimum absolute atomic E-state index is 0.00204. The molecule has 1 fully saturated rings. The molecule has 132 valence electrons. The van der Waals surface area contributed by atoms with E-state index in [0.717, 1.165) is 32.4 Å². The van der Waals surface area contributed by atoms with Gasteiger partial charge in [0.15, 0.2) is 5.82 Å². The van der Waals surface area contributed by atoms with E-state index in [1.807, 2.05) is 0 Å². The molecule has 1 aromatic heterocycles. The molecule has 0 spiro atoms. The molecule has 5 heteroatoms. The maximum Gasteiger partial charge on any atom is 0.293 e. The number of rotatable bonds is 3. The van der Waals surface area contributed by atoms with Crippen molar-refractivity contribution in [1.29, 1.82) is 0 Å². The fourth-order valence-corrected chi connectivity index (χ4v) is 4.13. The minimum Gasteiger partial charge on any atom is -0.352 e. The molecule has 5 nitrogen and oxygen atoms in total. The van der Waals surface area contributed by atoms with Crippen molar-refractivity contribution in [2.24, 2.45) is 7.05 Å². The molecule has 4 rings (SSSR count). The van der Waals surface area contributed by atoms with Gasteiger partial charge in [0.2, 0.25) is 0 Å². The first-order valence-electron chi connectivity index (χ1n) is 9.30. The Morgan fingerprint density at radius 2 is 1.84 bits per heavy atom. The zero-order chi connectivity index (χ0) is 17.2. The Hall–Kier alpha value is -2.14. The maximum absolute atomic E-state index is 12.2. The van der Waals surface area contributed by atoms with E-state index in [9.17, 15) is 4.79 Å². The summed E-state index contributed by atoms with van der Waals surface area (Å²) in [5.74, 6) is 0.593. The second kappa shape index (κ2) is 7.00. The largest absolute Gasteiger partial charge is 0.352 e. The molecule has 2 heterocycles. The summed E-state index contributed by atoms with van der Waals surface area (Å²) in [7, 11) is 1.78. The lowest BCUT2D eigenvalue weighted by molar-refractivity contribution is 0.344. The fraction of sp³-hybridized carbons (Fsp3) is 0.500. The molecular weight excluding hydrogens is 312 g/mol. The first-order valence-corrected chi connectivity index (χ1v) is 9.30. The van der Waals surface area contributed by atoms with Crippen LogP contribution in [0.5, 0.6) is 0 Å². The number of aryl methyl sites for hydroxylation is 2. The molecule has 1 atom stereocenters. The van der Waals surface area contributed by atoms with Crippen molar-refractivity contribution in [1.82, 2.24) is 14.9 Å². The first kappa shape index (κ1) is 16.3. The van der Waals surface area contributed by atoms with Gasteiger partial charge in [-0.2, -0.15) is 0 Å². The number of hydrogen-bond donors (Lipinski definition) is 1. The Morgan fingerprint density at radius 1 is 1.08 bits per heavy atom. The summed E-state index contributed by atoms with van der Waals surface area (Å²) in [6, 6.07) is 9.94. The van der Waals surface area contributed by atoms with Gasteiger partial charge in [0.25, 0.3) is 5.56 Å². The van der Waals surface area contributed by atoms with Crippen LogP contribution in [0.4, 0.5) is 5.82 Å². The molecule has 0 bridgehead atoms. The van der Waals surface area contributed by atoms with E-state index in [4.69, 9.17) is 0 Å². The van der Waals surface area contributed by atoms with Crippen LogP contribution in [0.15, 0.2) is 41.5 Å². The number of nitrogens with one attached hydrogen (secondary N) is 1. The normalized spacial score (nSPS) is 21.2. The van der Waals surface area contributed by atoms with Gasteiger partial charge in [-0.1, -0.05) is 24.3 Å². The minimum atomic E-state index is -0.00204. The lowest BCUT2D eigenvalue weighted by Crippen LogP contribution is -2.49. The van der Waals surface area contributed by atoms with Crippen molar-refractivity contribution in [3.05, 3.63) is 58.1 Å². The third-order valence-corrected chi connectivity index (χ3v) is 5.61. The van der Waals surface area contributed by atoms with E-state index in [0.29, 0.717) is 17.9 Å². The number of aromatic nitrogens is 2. The number of anilines is 1. The Balaban J connectivity index is 1.34. The molecule has 2 aliphatic rings. The molecule has 0 radical (unpaired) electrons. The fourth-order valence-electron chi connectivity index (χ4n) is 4.13. The molecule has 1 saturated heterocycles. The average Bonchev–Trinajstić information content (AvgIpc) is 2.65. The van der Waals surface area contributed by atoms with Gasteiger partial charge in [-0.3, -0.25) is 4.79 Å².